The van der Waals surface area contributed by atoms with E-state index in [2.05, 4.69) is 17.2 Å². The van der Waals surface area contributed by atoms with Crippen LogP contribution >= 0.6 is 12.4 Å². The van der Waals surface area contributed by atoms with Gasteiger partial charge in [0.25, 0.3) is 0 Å². The van der Waals surface area contributed by atoms with Gasteiger partial charge in [-0.25, -0.2) is 9.69 Å². The molecule has 1 atom stereocenters. The van der Waals surface area contributed by atoms with Gasteiger partial charge in [0, 0.05) is 19.1 Å². The van der Waals surface area contributed by atoms with Gasteiger partial charge >= 0.3 is 17.8 Å². The molecule has 118 valence electrons. The molecule has 5 amide bonds. The molecule has 0 saturated carbocycles. The summed E-state index contributed by atoms with van der Waals surface area (Å²) < 4.78 is 0. The number of likely N-dealkylation sites (N-methyl/N-ethyl adjacent to an activating group) is 1. The van der Waals surface area contributed by atoms with Crippen molar-refractivity contribution in [3.8, 4) is 0 Å². The first-order valence-corrected chi connectivity index (χ1v) is 6.14. The molecule has 1 unspecified atom stereocenters. The Morgan fingerprint density at radius 3 is 2.38 bits per heavy atom. The van der Waals surface area contributed by atoms with Crippen LogP contribution < -0.4 is 10.6 Å². The number of nitrogens with zero attached hydrogens (tertiary/aromatic N) is 2. The summed E-state index contributed by atoms with van der Waals surface area (Å²) in [4.78, 5) is 48.0. The molecule has 9 heteroatoms. The number of carbonyl (C=O) groups excluding carboxylic acids is 4. The van der Waals surface area contributed by atoms with E-state index in [9.17, 15) is 19.2 Å². The van der Waals surface area contributed by atoms with Crippen LogP contribution in [-0.4, -0.2) is 66.3 Å². The maximum Gasteiger partial charge on any atom is 0.335 e. The standard InChI is InChI=1S/C12H18N4O4.ClH/c1-4-5-15-10(18)11(19)16(12(15)20)7-9(17)14-6-8(2)13-3;/h4,8,13H,1,5-7H2,2-3H3,(H,14,17);1H. The number of halogens is 1. The molecule has 21 heavy (non-hydrogen) atoms. The molecule has 0 radical (unpaired) electrons. The van der Waals surface area contributed by atoms with Crippen molar-refractivity contribution >= 4 is 36.2 Å². The topological polar surface area (TPSA) is 98.8 Å². The Morgan fingerprint density at radius 2 is 1.86 bits per heavy atom. The second-order valence-corrected chi connectivity index (χ2v) is 4.37. The van der Waals surface area contributed by atoms with Crippen molar-refractivity contribution < 1.29 is 19.2 Å². The molecule has 1 fully saturated rings. The summed E-state index contributed by atoms with van der Waals surface area (Å²) >= 11 is 0. The summed E-state index contributed by atoms with van der Waals surface area (Å²) in [6, 6.07) is -0.737. The van der Waals surface area contributed by atoms with Crippen molar-refractivity contribution in [2.24, 2.45) is 0 Å². The number of urea groups is 1. The molecule has 0 aliphatic carbocycles. The van der Waals surface area contributed by atoms with E-state index < -0.39 is 30.3 Å². The molecule has 0 aromatic carbocycles. The first-order valence-electron chi connectivity index (χ1n) is 6.14. The normalized spacial score (nSPS) is 15.8. The number of nitrogens with one attached hydrogen (secondary N) is 2. The summed E-state index contributed by atoms with van der Waals surface area (Å²) in [5.74, 6) is -2.43. The molecule has 1 heterocycles. The molecular weight excluding hydrogens is 300 g/mol. The van der Waals surface area contributed by atoms with Crippen molar-refractivity contribution in [1.29, 1.82) is 0 Å². The summed E-state index contributed by atoms with van der Waals surface area (Å²) in [6.45, 7) is 5.10. The lowest BCUT2D eigenvalue weighted by Gasteiger charge is -2.15. The van der Waals surface area contributed by atoms with Gasteiger partial charge in [-0.15, -0.1) is 19.0 Å². The van der Waals surface area contributed by atoms with Gasteiger partial charge in [0.15, 0.2) is 0 Å². The summed E-state index contributed by atoms with van der Waals surface area (Å²) in [7, 11) is 1.75. The van der Waals surface area contributed by atoms with E-state index in [0.29, 0.717) is 11.4 Å². The average Bonchev–Trinajstić information content (AvgIpc) is 2.62. The van der Waals surface area contributed by atoms with Crippen molar-refractivity contribution in [1.82, 2.24) is 20.4 Å². The quantitative estimate of drug-likeness (QED) is 0.360. The van der Waals surface area contributed by atoms with E-state index in [1.165, 1.54) is 6.08 Å². The third kappa shape index (κ3) is 4.54. The molecule has 1 rings (SSSR count). The zero-order chi connectivity index (χ0) is 15.3. The lowest BCUT2D eigenvalue weighted by Crippen LogP contribution is -2.44. The van der Waals surface area contributed by atoms with Crippen LogP contribution in [0.15, 0.2) is 12.7 Å². The summed E-state index contributed by atoms with van der Waals surface area (Å²) in [6.07, 6.45) is 1.33. The highest BCUT2D eigenvalue weighted by molar-refractivity contribution is 6.45. The van der Waals surface area contributed by atoms with Crippen LogP contribution in [0, 0.1) is 0 Å². The van der Waals surface area contributed by atoms with E-state index >= 15 is 0 Å². The van der Waals surface area contributed by atoms with Gasteiger partial charge in [-0.2, -0.15) is 0 Å². The highest BCUT2D eigenvalue weighted by Gasteiger charge is 2.44. The highest BCUT2D eigenvalue weighted by atomic mass is 35.5. The van der Waals surface area contributed by atoms with Crippen LogP contribution in [0.2, 0.25) is 0 Å². The molecule has 8 nitrogen and oxygen atoms in total. The number of imide groups is 2. The molecule has 2 N–H and O–H groups in total. The monoisotopic (exact) mass is 318 g/mol. The third-order valence-corrected chi connectivity index (χ3v) is 2.85. The van der Waals surface area contributed by atoms with Gasteiger partial charge in [-0.1, -0.05) is 6.08 Å². The number of rotatable bonds is 7. The molecule has 1 saturated heterocycles. The second-order valence-electron chi connectivity index (χ2n) is 4.37. The number of amides is 5. The fourth-order valence-electron chi connectivity index (χ4n) is 1.55. The van der Waals surface area contributed by atoms with E-state index in [4.69, 9.17) is 0 Å². The van der Waals surface area contributed by atoms with Gasteiger partial charge in [0.2, 0.25) is 5.91 Å². The Morgan fingerprint density at radius 1 is 1.29 bits per heavy atom. The van der Waals surface area contributed by atoms with Gasteiger partial charge < -0.3 is 10.6 Å². The predicted octanol–water partition coefficient (Wildman–Crippen LogP) is -0.891. The van der Waals surface area contributed by atoms with Gasteiger partial charge in [-0.05, 0) is 14.0 Å². The van der Waals surface area contributed by atoms with E-state index in [0.717, 1.165) is 4.90 Å². The van der Waals surface area contributed by atoms with Crippen LogP contribution in [-0.2, 0) is 14.4 Å². The Bertz CT molecular complexity index is 455. The fourth-order valence-corrected chi connectivity index (χ4v) is 1.55. The second kappa shape index (κ2) is 8.38. The van der Waals surface area contributed by atoms with E-state index in [1.54, 1.807) is 7.05 Å². The number of hydrogen-bond donors (Lipinski definition) is 2. The van der Waals surface area contributed by atoms with Crippen LogP contribution in [0.25, 0.3) is 0 Å². The third-order valence-electron chi connectivity index (χ3n) is 2.85. The lowest BCUT2D eigenvalue weighted by atomic mass is 10.3. The Labute approximate surface area is 128 Å². The smallest absolute Gasteiger partial charge is 0.335 e. The van der Waals surface area contributed by atoms with Crippen LogP contribution in [0.3, 0.4) is 0 Å². The molecule has 1 aliphatic heterocycles. The zero-order valence-electron chi connectivity index (χ0n) is 11.9. The van der Waals surface area contributed by atoms with Crippen molar-refractivity contribution in [2.75, 3.05) is 26.7 Å². The zero-order valence-corrected chi connectivity index (χ0v) is 12.7. The fraction of sp³-hybridized carbons (Fsp3) is 0.500. The molecular formula is C12H19ClN4O4. The van der Waals surface area contributed by atoms with Gasteiger partial charge in [0.05, 0.1) is 0 Å². The van der Waals surface area contributed by atoms with E-state index in [-0.39, 0.29) is 25.0 Å². The van der Waals surface area contributed by atoms with Gasteiger partial charge in [-0.3, -0.25) is 19.3 Å². The van der Waals surface area contributed by atoms with Crippen LogP contribution in [0.4, 0.5) is 4.79 Å². The number of carbonyl (C=O) groups is 4. The largest absolute Gasteiger partial charge is 0.353 e. The maximum atomic E-state index is 11.8. The minimum absolute atomic E-state index is 0. The highest BCUT2D eigenvalue weighted by Crippen LogP contribution is 2.11. The first kappa shape index (κ1) is 19.1. The first-order chi connectivity index (χ1) is 9.42. The van der Waals surface area contributed by atoms with Crippen LogP contribution in [0.1, 0.15) is 6.92 Å². The maximum absolute atomic E-state index is 11.8. The lowest BCUT2D eigenvalue weighted by molar-refractivity contribution is -0.143. The van der Waals surface area contributed by atoms with Gasteiger partial charge in [0.1, 0.15) is 6.54 Å². The average molecular weight is 319 g/mol. The number of hydrogen-bond acceptors (Lipinski definition) is 5. The molecule has 0 bridgehead atoms. The Kier molecular flexibility index (Phi) is 7.61. The minimum atomic E-state index is -0.992. The van der Waals surface area contributed by atoms with Crippen molar-refractivity contribution in [3.05, 3.63) is 12.7 Å². The van der Waals surface area contributed by atoms with Crippen LogP contribution in [0.5, 0.6) is 0 Å². The summed E-state index contributed by atoms with van der Waals surface area (Å²) in [5, 5.41) is 5.49. The minimum Gasteiger partial charge on any atom is -0.353 e. The Balaban J connectivity index is 0.00000400. The van der Waals surface area contributed by atoms with Crippen molar-refractivity contribution in [3.63, 3.8) is 0 Å². The predicted molar refractivity (Wildman–Crippen MR) is 77.8 cm³/mol. The SMILES string of the molecule is C=CCN1C(=O)C(=O)N(CC(=O)NCC(C)NC)C1=O.Cl. The summed E-state index contributed by atoms with van der Waals surface area (Å²) in [5.41, 5.74) is 0. The molecule has 0 aromatic heterocycles. The molecule has 0 spiro atoms. The Hall–Kier alpha value is -1.93. The molecule has 0 aromatic rings. The van der Waals surface area contributed by atoms with Crippen molar-refractivity contribution in [2.45, 2.75) is 13.0 Å². The van der Waals surface area contributed by atoms with E-state index in [1.807, 2.05) is 6.92 Å². The molecule has 1 aliphatic rings.